The molecule has 4 heterocycles. The van der Waals surface area contributed by atoms with Crippen LogP contribution < -0.4 is 9.64 Å². The number of hydrogen-bond donors (Lipinski definition) is 0. The molecule has 2 aliphatic heterocycles. The number of likely N-dealkylation sites (tertiary alicyclic amines) is 1. The lowest BCUT2D eigenvalue weighted by Gasteiger charge is -2.35. The summed E-state index contributed by atoms with van der Waals surface area (Å²) in [6.45, 7) is 5.57. The number of aromatic nitrogens is 3. The molecule has 2 aromatic heterocycles. The molecule has 2 aliphatic rings. The van der Waals surface area contributed by atoms with Gasteiger partial charge in [0.1, 0.15) is 23.7 Å². The Hall–Kier alpha value is -2.72. The molecule has 2 saturated heterocycles. The van der Waals surface area contributed by atoms with Crippen molar-refractivity contribution in [2.45, 2.75) is 51.4 Å². The summed E-state index contributed by atoms with van der Waals surface area (Å²) >= 11 is 1.18. The molecule has 0 N–H and O–H groups in total. The number of ketones is 1. The van der Waals surface area contributed by atoms with E-state index in [0.717, 1.165) is 89.4 Å². The fraction of sp³-hybridized carbons (Fsp3) is 0.571. The molecule has 0 amide bonds. The quantitative estimate of drug-likeness (QED) is 0.369. The van der Waals surface area contributed by atoms with Crippen LogP contribution in [0.5, 0.6) is 5.75 Å². The molecule has 1 atom stereocenters. The van der Waals surface area contributed by atoms with Gasteiger partial charge >= 0.3 is 0 Å². The lowest BCUT2D eigenvalue weighted by molar-refractivity contribution is -0.128. The van der Waals surface area contributed by atoms with Crippen LogP contribution in [0.15, 0.2) is 36.5 Å². The third kappa shape index (κ3) is 6.46. The smallest absolute Gasteiger partial charge is 0.270 e. The molecule has 38 heavy (non-hydrogen) atoms. The standard InChI is InChI=1S/C28H35F2N5O2S/c1-28(29,30)22-6-4-7-23(19-22)37-18-17-34-13-3-2-5-20(9-14-34)26(36)21-10-15-35(16-11-21)24-8-12-31-27-25(24)32-38-33-27/h4,6-8,12,19-21H,2-3,5,9-11,13-18H2,1H3. The first-order valence-electron chi connectivity index (χ1n) is 13.6. The van der Waals surface area contributed by atoms with Crippen LogP contribution in [-0.2, 0) is 10.7 Å². The Balaban J connectivity index is 1.09. The molecule has 1 aromatic carbocycles. The van der Waals surface area contributed by atoms with Crippen LogP contribution in [0.1, 0.15) is 51.0 Å². The number of anilines is 1. The van der Waals surface area contributed by atoms with E-state index in [2.05, 4.69) is 23.5 Å². The summed E-state index contributed by atoms with van der Waals surface area (Å²) in [5.74, 6) is -1.77. The third-order valence-electron chi connectivity index (χ3n) is 7.87. The fourth-order valence-electron chi connectivity index (χ4n) is 5.66. The molecule has 0 saturated carbocycles. The monoisotopic (exact) mass is 543 g/mol. The normalized spacial score (nSPS) is 20.3. The largest absolute Gasteiger partial charge is 0.492 e. The number of hydrogen-bond acceptors (Lipinski definition) is 8. The maximum Gasteiger partial charge on any atom is 0.270 e. The highest BCUT2D eigenvalue weighted by Crippen LogP contribution is 2.32. The average Bonchev–Trinajstić information content (AvgIpc) is 3.39. The van der Waals surface area contributed by atoms with Crippen molar-refractivity contribution >= 4 is 34.4 Å². The number of alkyl halides is 2. The van der Waals surface area contributed by atoms with Crippen molar-refractivity contribution in [2.24, 2.45) is 11.8 Å². The number of fused-ring (bicyclic) bond motifs is 1. The minimum atomic E-state index is -2.88. The lowest BCUT2D eigenvalue weighted by Crippen LogP contribution is -2.40. The van der Waals surface area contributed by atoms with Gasteiger partial charge in [0.2, 0.25) is 0 Å². The number of benzene rings is 1. The highest BCUT2D eigenvalue weighted by molar-refractivity contribution is 7.00. The van der Waals surface area contributed by atoms with E-state index in [1.807, 2.05) is 6.07 Å². The second-order valence-corrected chi connectivity index (χ2v) is 11.0. The second kappa shape index (κ2) is 12.0. The second-order valence-electron chi connectivity index (χ2n) is 10.5. The summed E-state index contributed by atoms with van der Waals surface area (Å²) in [7, 11) is 0. The minimum Gasteiger partial charge on any atom is -0.492 e. The predicted octanol–water partition coefficient (Wildman–Crippen LogP) is 5.55. The fourth-order valence-corrected chi connectivity index (χ4v) is 6.17. The van der Waals surface area contributed by atoms with Crippen LogP contribution in [0.3, 0.4) is 0 Å². The first kappa shape index (κ1) is 26.9. The van der Waals surface area contributed by atoms with Crippen molar-refractivity contribution in [2.75, 3.05) is 44.2 Å². The van der Waals surface area contributed by atoms with E-state index in [4.69, 9.17) is 4.74 Å². The van der Waals surface area contributed by atoms with E-state index in [1.165, 1.54) is 23.9 Å². The zero-order valence-corrected chi connectivity index (χ0v) is 22.6. The summed E-state index contributed by atoms with van der Waals surface area (Å²) in [6.07, 6.45) is 7.45. The van der Waals surface area contributed by atoms with Crippen molar-refractivity contribution < 1.29 is 18.3 Å². The number of pyridine rings is 1. The summed E-state index contributed by atoms with van der Waals surface area (Å²) < 4.78 is 41.7. The average molecular weight is 544 g/mol. The predicted molar refractivity (Wildman–Crippen MR) is 145 cm³/mol. The van der Waals surface area contributed by atoms with Gasteiger partial charge < -0.3 is 9.64 Å². The maximum atomic E-state index is 13.6. The van der Waals surface area contributed by atoms with Gasteiger partial charge in [0.25, 0.3) is 5.92 Å². The van der Waals surface area contributed by atoms with Crippen LogP contribution in [0, 0.1) is 11.8 Å². The van der Waals surface area contributed by atoms with Gasteiger partial charge in [-0.3, -0.25) is 9.69 Å². The Labute approximate surface area is 226 Å². The van der Waals surface area contributed by atoms with E-state index in [-0.39, 0.29) is 17.4 Å². The van der Waals surface area contributed by atoms with E-state index >= 15 is 0 Å². The van der Waals surface area contributed by atoms with E-state index < -0.39 is 5.92 Å². The van der Waals surface area contributed by atoms with Gasteiger partial charge in [-0.1, -0.05) is 18.6 Å². The van der Waals surface area contributed by atoms with Crippen LogP contribution >= 0.6 is 11.7 Å². The Morgan fingerprint density at radius 1 is 1.05 bits per heavy atom. The highest BCUT2D eigenvalue weighted by atomic mass is 32.1. The molecular weight excluding hydrogens is 508 g/mol. The molecule has 1 unspecified atom stereocenters. The van der Waals surface area contributed by atoms with Gasteiger partial charge in [-0.25, -0.2) is 13.8 Å². The summed E-state index contributed by atoms with van der Waals surface area (Å²) in [6, 6.07) is 8.15. The van der Waals surface area contributed by atoms with E-state index in [0.29, 0.717) is 23.8 Å². The molecule has 7 nitrogen and oxygen atoms in total. The summed E-state index contributed by atoms with van der Waals surface area (Å²) in [5, 5.41) is 0. The van der Waals surface area contributed by atoms with Crippen molar-refractivity contribution in [3.05, 3.63) is 42.1 Å². The number of piperidine rings is 1. The van der Waals surface area contributed by atoms with E-state index in [1.54, 1.807) is 18.3 Å². The highest BCUT2D eigenvalue weighted by Gasteiger charge is 2.31. The van der Waals surface area contributed by atoms with Gasteiger partial charge in [0, 0.05) is 50.2 Å². The number of ether oxygens (including phenoxy) is 1. The maximum absolute atomic E-state index is 13.6. The Morgan fingerprint density at radius 2 is 1.84 bits per heavy atom. The number of carbonyl (C=O) groups excluding carboxylic acids is 1. The molecule has 204 valence electrons. The van der Waals surface area contributed by atoms with Crippen LogP contribution in [0.2, 0.25) is 0 Å². The van der Waals surface area contributed by atoms with Crippen LogP contribution in [0.25, 0.3) is 11.2 Å². The topological polar surface area (TPSA) is 71.5 Å². The zero-order valence-electron chi connectivity index (χ0n) is 21.8. The molecule has 0 bridgehead atoms. The van der Waals surface area contributed by atoms with Crippen molar-refractivity contribution in [1.29, 1.82) is 0 Å². The molecule has 0 spiro atoms. The lowest BCUT2D eigenvalue weighted by atomic mass is 9.81. The van der Waals surface area contributed by atoms with Gasteiger partial charge in [0.05, 0.1) is 17.4 Å². The van der Waals surface area contributed by atoms with Gasteiger partial charge in [-0.15, -0.1) is 0 Å². The molecule has 5 rings (SSSR count). The van der Waals surface area contributed by atoms with Gasteiger partial charge in [0.15, 0.2) is 5.65 Å². The molecule has 10 heteroatoms. The molecule has 0 aliphatic carbocycles. The number of rotatable bonds is 8. The number of halogens is 2. The summed E-state index contributed by atoms with van der Waals surface area (Å²) in [5.41, 5.74) is 2.56. The van der Waals surface area contributed by atoms with E-state index in [9.17, 15) is 13.6 Å². The third-order valence-corrected chi connectivity index (χ3v) is 8.39. The molecular formula is C28H35F2N5O2S. The van der Waals surface area contributed by atoms with Crippen LogP contribution in [-0.4, -0.2) is 63.7 Å². The Bertz CT molecular complexity index is 1230. The summed E-state index contributed by atoms with van der Waals surface area (Å²) in [4.78, 5) is 22.4. The molecule has 0 radical (unpaired) electrons. The number of nitrogens with zero attached hydrogens (tertiary/aromatic N) is 5. The Kier molecular flexibility index (Phi) is 8.48. The van der Waals surface area contributed by atoms with Gasteiger partial charge in [-0.2, -0.15) is 8.75 Å². The van der Waals surface area contributed by atoms with Crippen LogP contribution in [0.4, 0.5) is 14.5 Å². The molecule has 3 aromatic rings. The SMILES string of the molecule is CC(F)(F)c1cccc(OCCN2CCCCC(C(=O)C3CCN(c4ccnc5nsnc45)CC3)CC2)c1. The van der Waals surface area contributed by atoms with Gasteiger partial charge in [-0.05, 0) is 63.4 Å². The van der Waals surface area contributed by atoms with Crippen molar-refractivity contribution in [3.8, 4) is 5.75 Å². The van der Waals surface area contributed by atoms with Crippen molar-refractivity contribution in [1.82, 2.24) is 18.6 Å². The first-order valence-corrected chi connectivity index (χ1v) is 14.3. The Morgan fingerprint density at radius 3 is 2.66 bits per heavy atom. The first-order chi connectivity index (χ1) is 18.4. The van der Waals surface area contributed by atoms with Crippen molar-refractivity contribution in [3.63, 3.8) is 0 Å². The number of carbonyl (C=O) groups is 1. The minimum absolute atomic E-state index is 0.0392. The molecule has 2 fully saturated rings. The number of Topliss-reactive ketones (excluding diaryl/α,β-unsaturated/α-hetero) is 1. The zero-order chi connectivity index (χ0) is 26.5.